The number of carbonyl (C=O) groups is 2. The van der Waals surface area contributed by atoms with Crippen molar-refractivity contribution in [1.82, 2.24) is 0 Å². The molecular formula is C23H27NO5. The van der Waals surface area contributed by atoms with Gasteiger partial charge in [-0.2, -0.15) is 0 Å². The lowest BCUT2D eigenvalue weighted by Crippen LogP contribution is -2.35. The SMILES string of the molecule is CCN(C(=O)COC(=O)c1ccc(OCC2CCCO2)cc1)c1ccccc1C. The second kappa shape index (κ2) is 10.1. The first-order valence-corrected chi connectivity index (χ1v) is 9.96. The van der Waals surface area contributed by atoms with Crippen LogP contribution in [0.25, 0.3) is 0 Å². The average molecular weight is 397 g/mol. The summed E-state index contributed by atoms with van der Waals surface area (Å²) in [6.07, 6.45) is 2.22. The summed E-state index contributed by atoms with van der Waals surface area (Å²) in [7, 11) is 0. The second-order valence-corrected chi connectivity index (χ2v) is 6.97. The van der Waals surface area contributed by atoms with Crippen molar-refractivity contribution in [3.8, 4) is 5.75 Å². The van der Waals surface area contributed by atoms with E-state index in [1.54, 1.807) is 29.2 Å². The molecule has 1 unspecified atom stereocenters. The van der Waals surface area contributed by atoms with Crippen molar-refractivity contribution < 1.29 is 23.8 Å². The van der Waals surface area contributed by atoms with Gasteiger partial charge in [0.25, 0.3) is 5.91 Å². The van der Waals surface area contributed by atoms with E-state index in [1.807, 2.05) is 38.1 Å². The van der Waals surface area contributed by atoms with Gasteiger partial charge in [-0.15, -0.1) is 0 Å². The molecule has 0 radical (unpaired) electrons. The Morgan fingerprint density at radius 1 is 1.14 bits per heavy atom. The third kappa shape index (κ3) is 5.57. The Bertz CT molecular complexity index is 827. The quantitative estimate of drug-likeness (QED) is 0.635. The highest BCUT2D eigenvalue weighted by Gasteiger charge is 2.19. The van der Waals surface area contributed by atoms with E-state index in [-0.39, 0.29) is 18.6 Å². The van der Waals surface area contributed by atoms with Gasteiger partial charge in [0.1, 0.15) is 12.4 Å². The molecule has 6 heteroatoms. The number of hydrogen-bond acceptors (Lipinski definition) is 5. The summed E-state index contributed by atoms with van der Waals surface area (Å²) in [5.41, 5.74) is 2.19. The number of para-hydroxylation sites is 1. The van der Waals surface area contributed by atoms with E-state index in [1.165, 1.54) is 0 Å². The predicted octanol–water partition coefficient (Wildman–Crippen LogP) is 3.76. The molecule has 0 aromatic heterocycles. The van der Waals surface area contributed by atoms with Crippen molar-refractivity contribution in [2.45, 2.75) is 32.8 Å². The van der Waals surface area contributed by atoms with E-state index < -0.39 is 5.97 Å². The Balaban J connectivity index is 1.51. The lowest BCUT2D eigenvalue weighted by molar-refractivity contribution is -0.121. The van der Waals surface area contributed by atoms with E-state index >= 15 is 0 Å². The fourth-order valence-electron chi connectivity index (χ4n) is 3.29. The first-order valence-electron chi connectivity index (χ1n) is 9.96. The standard InChI is InChI=1S/C23H27NO5/c1-3-24(21-9-5-4-7-17(21)2)22(25)16-29-23(26)18-10-12-19(13-11-18)28-15-20-8-6-14-27-20/h4-5,7,9-13,20H,3,6,8,14-16H2,1-2H3. The van der Waals surface area contributed by atoms with Crippen LogP contribution in [0, 0.1) is 6.92 Å². The Morgan fingerprint density at radius 2 is 1.90 bits per heavy atom. The van der Waals surface area contributed by atoms with E-state index in [4.69, 9.17) is 14.2 Å². The molecule has 1 atom stereocenters. The molecular weight excluding hydrogens is 370 g/mol. The number of hydrogen-bond donors (Lipinski definition) is 0. The van der Waals surface area contributed by atoms with Gasteiger partial charge in [0.2, 0.25) is 0 Å². The van der Waals surface area contributed by atoms with Crippen molar-refractivity contribution >= 4 is 17.6 Å². The third-order valence-electron chi connectivity index (χ3n) is 4.90. The Morgan fingerprint density at radius 3 is 2.55 bits per heavy atom. The fourth-order valence-corrected chi connectivity index (χ4v) is 3.29. The highest BCUT2D eigenvalue weighted by atomic mass is 16.5. The fraction of sp³-hybridized carbons (Fsp3) is 0.391. The molecule has 2 aromatic carbocycles. The Kier molecular flexibility index (Phi) is 7.25. The van der Waals surface area contributed by atoms with Gasteiger partial charge in [-0.25, -0.2) is 4.79 Å². The van der Waals surface area contributed by atoms with Crippen LogP contribution in [0.4, 0.5) is 5.69 Å². The number of carbonyl (C=O) groups excluding carboxylic acids is 2. The summed E-state index contributed by atoms with van der Waals surface area (Å²) in [6, 6.07) is 14.3. The van der Waals surface area contributed by atoms with Crippen LogP contribution < -0.4 is 9.64 Å². The maximum atomic E-state index is 12.5. The minimum Gasteiger partial charge on any atom is -0.491 e. The van der Waals surface area contributed by atoms with Crippen molar-refractivity contribution in [2.24, 2.45) is 0 Å². The number of amides is 1. The predicted molar refractivity (Wildman–Crippen MR) is 110 cm³/mol. The molecule has 1 saturated heterocycles. The molecule has 3 rings (SSSR count). The summed E-state index contributed by atoms with van der Waals surface area (Å²) in [6.45, 7) is 5.32. The molecule has 1 aliphatic rings. The minimum atomic E-state index is -0.537. The zero-order valence-electron chi connectivity index (χ0n) is 16.9. The van der Waals surface area contributed by atoms with Gasteiger partial charge < -0.3 is 19.1 Å². The van der Waals surface area contributed by atoms with E-state index in [0.29, 0.717) is 24.5 Å². The van der Waals surface area contributed by atoms with Crippen LogP contribution in [0.2, 0.25) is 0 Å². The van der Waals surface area contributed by atoms with Crippen LogP contribution in [0.3, 0.4) is 0 Å². The summed E-state index contributed by atoms with van der Waals surface area (Å²) in [4.78, 5) is 26.4. The first kappa shape index (κ1) is 20.9. The number of nitrogens with zero attached hydrogens (tertiary/aromatic N) is 1. The zero-order chi connectivity index (χ0) is 20.6. The van der Waals surface area contributed by atoms with Crippen molar-refractivity contribution in [2.75, 3.05) is 31.3 Å². The smallest absolute Gasteiger partial charge is 0.338 e. The molecule has 2 aromatic rings. The van der Waals surface area contributed by atoms with Gasteiger partial charge in [-0.05, 0) is 62.6 Å². The third-order valence-corrected chi connectivity index (χ3v) is 4.90. The van der Waals surface area contributed by atoms with Crippen LogP contribution in [0.15, 0.2) is 48.5 Å². The zero-order valence-corrected chi connectivity index (χ0v) is 16.9. The number of rotatable bonds is 8. The molecule has 0 saturated carbocycles. The largest absolute Gasteiger partial charge is 0.491 e. The first-order chi connectivity index (χ1) is 14.1. The molecule has 0 bridgehead atoms. The molecule has 6 nitrogen and oxygen atoms in total. The number of esters is 1. The monoisotopic (exact) mass is 397 g/mol. The van der Waals surface area contributed by atoms with E-state index in [2.05, 4.69) is 0 Å². The van der Waals surface area contributed by atoms with Crippen LogP contribution >= 0.6 is 0 Å². The molecule has 1 aliphatic heterocycles. The Hall–Kier alpha value is -2.86. The van der Waals surface area contributed by atoms with Crippen molar-refractivity contribution in [3.63, 3.8) is 0 Å². The second-order valence-electron chi connectivity index (χ2n) is 6.97. The molecule has 154 valence electrons. The van der Waals surface area contributed by atoms with Gasteiger partial charge in [0.05, 0.1) is 11.7 Å². The van der Waals surface area contributed by atoms with Crippen LogP contribution in [-0.4, -0.2) is 44.3 Å². The Labute approximate surface area is 171 Å². The summed E-state index contributed by atoms with van der Waals surface area (Å²) in [5.74, 6) is -0.124. The van der Waals surface area contributed by atoms with Gasteiger partial charge in [-0.3, -0.25) is 4.79 Å². The van der Waals surface area contributed by atoms with Gasteiger partial charge in [0.15, 0.2) is 6.61 Å². The van der Waals surface area contributed by atoms with Crippen LogP contribution in [-0.2, 0) is 14.3 Å². The number of aryl methyl sites for hydroxylation is 1. The minimum absolute atomic E-state index is 0.139. The van der Waals surface area contributed by atoms with E-state index in [0.717, 1.165) is 30.7 Å². The van der Waals surface area contributed by atoms with Crippen molar-refractivity contribution in [1.29, 1.82) is 0 Å². The molecule has 1 heterocycles. The number of likely N-dealkylation sites (N-methyl/N-ethyl adjacent to an activating group) is 1. The molecule has 29 heavy (non-hydrogen) atoms. The van der Waals surface area contributed by atoms with Gasteiger partial charge >= 0.3 is 5.97 Å². The molecule has 0 spiro atoms. The molecule has 0 N–H and O–H groups in total. The lowest BCUT2D eigenvalue weighted by atomic mass is 10.2. The van der Waals surface area contributed by atoms with E-state index in [9.17, 15) is 9.59 Å². The average Bonchev–Trinajstić information content (AvgIpc) is 3.26. The summed E-state index contributed by atoms with van der Waals surface area (Å²) < 4.78 is 16.4. The highest BCUT2D eigenvalue weighted by molar-refractivity contribution is 5.97. The van der Waals surface area contributed by atoms with Crippen LogP contribution in [0.5, 0.6) is 5.75 Å². The number of benzene rings is 2. The van der Waals surface area contributed by atoms with Gasteiger partial charge in [0, 0.05) is 18.8 Å². The van der Waals surface area contributed by atoms with Crippen LogP contribution in [0.1, 0.15) is 35.7 Å². The highest BCUT2D eigenvalue weighted by Crippen LogP contribution is 2.20. The van der Waals surface area contributed by atoms with Gasteiger partial charge in [-0.1, -0.05) is 18.2 Å². The normalized spacial score (nSPS) is 15.7. The molecule has 0 aliphatic carbocycles. The number of ether oxygens (including phenoxy) is 3. The molecule has 1 fully saturated rings. The summed E-state index contributed by atoms with van der Waals surface area (Å²) in [5, 5.41) is 0. The lowest BCUT2D eigenvalue weighted by Gasteiger charge is -2.22. The maximum Gasteiger partial charge on any atom is 0.338 e. The van der Waals surface area contributed by atoms with Crippen molar-refractivity contribution in [3.05, 3.63) is 59.7 Å². The molecule has 1 amide bonds. The topological polar surface area (TPSA) is 65.1 Å². The summed E-state index contributed by atoms with van der Waals surface area (Å²) >= 11 is 0. The number of anilines is 1. The maximum absolute atomic E-state index is 12.5.